The molecule has 0 saturated heterocycles. The first-order valence-corrected chi connectivity index (χ1v) is 5.91. The molecule has 0 amide bonds. The van der Waals surface area contributed by atoms with E-state index in [4.69, 9.17) is 16.4 Å². The van der Waals surface area contributed by atoms with Crippen molar-refractivity contribution in [2.75, 3.05) is 6.61 Å². The summed E-state index contributed by atoms with van der Waals surface area (Å²) < 4.78 is 7.17. The summed E-state index contributed by atoms with van der Waals surface area (Å²) >= 11 is 0. The minimum absolute atomic E-state index is 0.221. The van der Waals surface area contributed by atoms with Gasteiger partial charge in [-0.2, -0.15) is 10.4 Å². The molecule has 2 aromatic rings. The molecule has 0 aliphatic heterocycles. The molecule has 0 fully saturated rings. The minimum Gasteiger partial charge on any atom is -0.493 e. The Hall–Kier alpha value is -2.72. The van der Waals surface area contributed by atoms with E-state index >= 15 is 0 Å². The fourth-order valence-electron chi connectivity index (χ4n) is 1.79. The first kappa shape index (κ1) is 12.7. The Morgan fingerprint density at radius 3 is 3.00 bits per heavy atom. The number of benzene rings is 1. The van der Waals surface area contributed by atoms with E-state index in [0.29, 0.717) is 6.61 Å². The summed E-state index contributed by atoms with van der Waals surface area (Å²) in [5, 5.41) is 12.8. The van der Waals surface area contributed by atoms with E-state index in [9.17, 15) is 0 Å². The molecule has 0 unspecified atom stereocenters. The van der Waals surface area contributed by atoms with Gasteiger partial charge in [0.1, 0.15) is 12.3 Å². The van der Waals surface area contributed by atoms with Gasteiger partial charge in [0.15, 0.2) is 0 Å². The summed E-state index contributed by atoms with van der Waals surface area (Å²) in [6.07, 6.45) is 8.93. The minimum atomic E-state index is 0.221. The highest BCUT2D eigenvalue weighted by Crippen LogP contribution is 2.30. The van der Waals surface area contributed by atoms with Crippen LogP contribution in [0, 0.1) is 23.7 Å². The fraction of sp³-hybridized carbons (Fsp3) is 0.200. The molecule has 0 bridgehead atoms. The van der Waals surface area contributed by atoms with E-state index in [1.54, 1.807) is 17.1 Å². The van der Waals surface area contributed by atoms with Gasteiger partial charge in [-0.05, 0) is 25.1 Å². The van der Waals surface area contributed by atoms with Crippen molar-refractivity contribution in [3.8, 4) is 35.3 Å². The molecule has 0 aliphatic carbocycles. The first-order valence-electron chi connectivity index (χ1n) is 5.91. The SMILES string of the molecule is C#Cc1ccc(OCC)c(-c2cnn(CC#N)c2)c1. The van der Waals surface area contributed by atoms with Gasteiger partial charge < -0.3 is 4.74 Å². The molecule has 1 aromatic carbocycles. The number of ether oxygens (including phenoxy) is 1. The van der Waals surface area contributed by atoms with Crippen LogP contribution < -0.4 is 4.74 Å². The third-order valence-electron chi connectivity index (χ3n) is 2.62. The predicted octanol–water partition coefficient (Wildman–Crippen LogP) is 2.45. The van der Waals surface area contributed by atoms with Crippen LogP contribution in [0.4, 0.5) is 0 Å². The van der Waals surface area contributed by atoms with Crippen molar-refractivity contribution in [1.82, 2.24) is 9.78 Å². The van der Waals surface area contributed by atoms with Crippen LogP contribution in [-0.2, 0) is 6.54 Å². The Labute approximate surface area is 112 Å². The summed E-state index contributed by atoms with van der Waals surface area (Å²) in [7, 11) is 0. The molecule has 1 heterocycles. The maximum absolute atomic E-state index is 8.66. The van der Waals surface area contributed by atoms with Gasteiger partial charge in [0, 0.05) is 22.9 Å². The van der Waals surface area contributed by atoms with Crippen LogP contribution in [0.5, 0.6) is 5.75 Å². The van der Waals surface area contributed by atoms with Crippen LogP contribution >= 0.6 is 0 Å². The van der Waals surface area contributed by atoms with Crippen LogP contribution in [0.3, 0.4) is 0 Å². The molecule has 0 N–H and O–H groups in total. The second-order valence-corrected chi connectivity index (χ2v) is 3.87. The number of hydrogen-bond donors (Lipinski definition) is 0. The van der Waals surface area contributed by atoms with Crippen LogP contribution in [0.25, 0.3) is 11.1 Å². The molecule has 0 radical (unpaired) electrons. The Morgan fingerprint density at radius 2 is 2.32 bits per heavy atom. The van der Waals surface area contributed by atoms with E-state index in [0.717, 1.165) is 22.4 Å². The molecular formula is C15H13N3O. The fourth-order valence-corrected chi connectivity index (χ4v) is 1.79. The third kappa shape index (κ3) is 2.75. The molecule has 0 aliphatic rings. The lowest BCUT2D eigenvalue weighted by Crippen LogP contribution is -1.95. The van der Waals surface area contributed by atoms with Crippen molar-refractivity contribution in [3.05, 3.63) is 36.2 Å². The summed E-state index contributed by atoms with van der Waals surface area (Å²) in [4.78, 5) is 0. The van der Waals surface area contributed by atoms with Crippen molar-refractivity contribution in [1.29, 1.82) is 5.26 Å². The van der Waals surface area contributed by atoms with E-state index in [-0.39, 0.29) is 6.54 Å². The molecule has 0 spiro atoms. The van der Waals surface area contributed by atoms with E-state index in [1.807, 2.05) is 31.2 Å². The van der Waals surface area contributed by atoms with Gasteiger partial charge in [0.05, 0.1) is 18.9 Å². The molecular weight excluding hydrogens is 238 g/mol. The molecule has 2 rings (SSSR count). The lowest BCUT2D eigenvalue weighted by molar-refractivity contribution is 0.341. The Morgan fingerprint density at radius 1 is 1.47 bits per heavy atom. The molecule has 0 atom stereocenters. The number of nitriles is 1. The first-order chi connectivity index (χ1) is 9.28. The Bertz CT molecular complexity index is 659. The highest BCUT2D eigenvalue weighted by Gasteiger charge is 2.09. The maximum atomic E-state index is 8.66. The number of nitrogens with zero attached hydrogens (tertiary/aromatic N) is 3. The monoisotopic (exact) mass is 251 g/mol. The van der Waals surface area contributed by atoms with Gasteiger partial charge >= 0.3 is 0 Å². The van der Waals surface area contributed by atoms with Gasteiger partial charge in [-0.15, -0.1) is 6.42 Å². The number of terminal acetylenes is 1. The van der Waals surface area contributed by atoms with Crippen molar-refractivity contribution < 1.29 is 4.74 Å². The van der Waals surface area contributed by atoms with Crippen molar-refractivity contribution in [2.45, 2.75) is 13.5 Å². The smallest absolute Gasteiger partial charge is 0.128 e. The lowest BCUT2D eigenvalue weighted by atomic mass is 10.1. The molecule has 0 saturated carbocycles. The zero-order chi connectivity index (χ0) is 13.7. The molecule has 94 valence electrons. The number of rotatable bonds is 4. The number of aromatic nitrogens is 2. The summed E-state index contributed by atoms with van der Waals surface area (Å²) in [6, 6.07) is 7.63. The highest BCUT2D eigenvalue weighted by molar-refractivity contribution is 5.71. The third-order valence-corrected chi connectivity index (χ3v) is 2.62. The number of hydrogen-bond acceptors (Lipinski definition) is 3. The van der Waals surface area contributed by atoms with Gasteiger partial charge in [-0.3, -0.25) is 4.68 Å². The Balaban J connectivity index is 2.46. The molecule has 4 heteroatoms. The van der Waals surface area contributed by atoms with Crippen LogP contribution in [-0.4, -0.2) is 16.4 Å². The maximum Gasteiger partial charge on any atom is 0.128 e. The van der Waals surface area contributed by atoms with Crippen LogP contribution in [0.15, 0.2) is 30.6 Å². The highest BCUT2D eigenvalue weighted by atomic mass is 16.5. The van der Waals surface area contributed by atoms with Crippen molar-refractivity contribution in [2.24, 2.45) is 0 Å². The zero-order valence-corrected chi connectivity index (χ0v) is 10.6. The lowest BCUT2D eigenvalue weighted by Gasteiger charge is -2.09. The predicted molar refractivity (Wildman–Crippen MR) is 72.4 cm³/mol. The van der Waals surface area contributed by atoms with Crippen molar-refractivity contribution >= 4 is 0 Å². The normalized spacial score (nSPS) is 9.63. The average Bonchev–Trinajstić information content (AvgIpc) is 2.88. The van der Waals surface area contributed by atoms with Gasteiger partial charge in [0.2, 0.25) is 0 Å². The van der Waals surface area contributed by atoms with E-state index in [2.05, 4.69) is 11.0 Å². The quantitative estimate of drug-likeness (QED) is 0.784. The standard InChI is InChI=1S/C15H13N3O/c1-3-12-5-6-15(19-4-2)14(9-12)13-10-17-18(11-13)8-7-16/h1,5-6,9-11H,4,8H2,2H3. The van der Waals surface area contributed by atoms with Crippen LogP contribution in [0.2, 0.25) is 0 Å². The Kier molecular flexibility index (Phi) is 3.85. The molecule has 19 heavy (non-hydrogen) atoms. The second-order valence-electron chi connectivity index (χ2n) is 3.87. The molecule has 1 aromatic heterocycles. The average molecular weight is 251 g/mol. The van der Waals surface area contributed by atoms with Gasteiger partial charge in [-0.1, -0.05) is 5.92 Å². The van der Waals surface area contributed by atoms with Crippen LogP contribution in [0.1, 0.15) is 12.5 Å². The van der Waals surface area contributed by atoms with E-state index < -0.39 is 0 Å². The summed E-state index contributed by atoms with van der Waals surface area (Å²) in [5.41, 5.74) is 2.56. The zero-order valence-electron chi connectivity index (χ0n) is 10.6. The second kappa shape index (κ2) is 5.75. The van der Waals surface area contributed by atoms with Gasteiger partial charge in [-0.25, -0.2) is 0 Å². The summed E-state index contributed by atoms with van der Waals surface area (Å²) in [5.74, 6) is 3.37. The van der Waals surface area contributed by atoms with Crippen molar-refractivity contribution in [3.63, 3.8) is 0 Å². The largest absolute Gasteiger partial charge is 0.493 e. The molecule has 4 nitrogen and oxygen atoms in total. The summed E-state index contributed by atoms with van der Waals surface area (Å²) in [6.45, 7) is 2.73. The van der Waals surface area contributed by atoms with E-state index in [1.165, 1.54) is 0 Å². The van der Waals surface area contributed by atoms with Gasteiger partial charge in [0.25, 0.3) is 0 Å². The topological polar surface area (TPSA) is 50.8 Å².